The lowest BCUT2D eigenvalue weighted by Crippen LogP contribution is -2.19. The van der Waals surface area contributed by atoms with Gasteiger partial charge in [-0.25, -0.2) is 4.98 Å². The van der Waals surface area contributed by atoms with Gasteiger partial charge < -0.3 is 19.4 Å². The van der Waals surface area contributed by atoms with Crippen LogP contribution in [0.25, 0.3) is 11.3 Å². The molecular formula is C15H21N3O2. The summed E-state index contributed by atoms with van der Waals surface area (Å²) in [5, 5.41) is 3.27. The third kappa shape index (κ3) is 3.59. The molecule has 0 fully saturated rings. The predicted molar refractivity (Wildman–Crippen MR) is 79.8 cm³/mol. The molecule has 5 nitrogen and oxygen atoms in total. The molecular weight excluding hydrogens is 254 g/mol. The van der Waals surface area contributed by atoms with E-state index in [2.05, 4.69) is 39.5 Å². The van der Waals surface area contributed by atoms with Crippen LogP contribution in [0.3, 0.4) is 0 Å². The van der Waals surface area contributed by atoms with Gasteiger partial charge in [-0.05, 0) is 24.3 Å². The molecule has 0 saturated heterocycles. The number of hydrogen-bond donors (Lipinski definition) is 1. The van der Waals surface area contributed by atoms with Crippen LogP contribution in [0.1, 0.15) is 5.69 Å². The van der Waals surface area contributed by atoms with Gasteiger partial charge in [0.15, 0.2) is 12.2 Å². The molecule has 1 aromatic carbocycles. The Labute approximate surface area is 119 Å². The van der Waals surface area contributed by atoms with Gasteiger partial charge in [-0.2, -0.15) is 0 Å². The zero-order chi connectivity index (χ0) is 14.4. The Morgan fingerprint density at radius 2 is 2.00 bits per heavy atom. The number of ether oxygens (including phenoxy) is 1. The van der Waals surface area contributed by atoms with Crippen LogP contribution in [0.15, 0.2) is 35.1 Å². The Hall–Kier alpha value is -1.85. The Bertz CT molecular complexity index is 520. The minimum absolute atomic E-state index is 0.671. The van der Waals surface area contributed by atoms with Crippen molar-refractivity contribution in [2.24, 2.45) is 0 Å². The molecule has 0 saturated carbocycles. The number of methoxy groups -OCH3 is 1. The fourth-order valence-corrected chi connectivity index (χ4v) is 1.92. The normalized spacial score (nSPS) is 10.8. The van der Waals surface area contributed by atoms with Crippen molar-refractivity contribution in [1.82, 2.24) is 10.3 Å². The second-order valence-corrected chi connectivity index (χ2v) is 4.74. The molecule has 108 valence electrons. The summed E-state index contributed by atoms with van der Waals surface area (Å²) in [6.45, 7) is 2.15. The molecule has 0 radical (unpaired) electrons. The molecule has 0 aliphatic rings. The largest absolute Gasteiger partial charge is 0.443 e. The number of anilines is 1. The lowest BCUT2D eigenvalue weighted by Gasteiger charge is -2.12. The van der Waals surface area contributed by atoms with Crippen LogP contribution in [0, 0.1) is 0 Å². The SMILES string of the molecule is COCCNCc1ncoc1-c1ccc(N(C)C)cc1. The number of benzene rings is 1. The van der Waals surface area contributed by atoms with Crippen LogP contribution < -0.4 is 10.2 Å². The summed E-state index contributed by atoms with van der Waals surface area (Å²) >= 11 is 0. The lowest BCUT2D eigenvalue weighted by atomic mass is 10.1. The highest BCUT2D eigenvalue weighted by atomic mass is 16.5. The van der Waals surface area contributed by atoms with Crippen molar-refractivity contribution in [3.8, 4) is 11.3 Å². The van der Waals surface area contributed by atoms with Crippen LogP contribution >= 0.6 is 0 Å². The van der Waals surface area contributed by atoms with Crippen molar-refractivity contribution >= 4 is 5.69 Å². The fourth-order valence-electron chi connectivity index (χ4n) is 1.92. The van der Waals surface area contributed by atoms with Crippen LogP contribution in [0.4, 0.5) is 5.69 Å². The molecule has 5 heteroatoms. The summed E-state index contributed by atoms with van der Waals surface area (Å²) in [6, 6.07) is 8.24. The highest BCUT2D eigenvalue weighted by molar-refractivity contribution is 5.63. The molecule has 0 spiro atoms. The first-order valence-electron chi connectivity index (χ1n) is 6.62. The van der Waals surface area contributed by atoms with E-state index in [1.165, 1.54) is 6.39 Å². The second-order valence-electron chi connectivity index (χ2n) is 4.74. The maximum Gasteiger partial charge on any atom is 0.181 e. The minimum atomic E-state index is 0.671. The number of nitrogens with zero attached hydrogens (tertiary/aromatic N) is 2. The van der Waals surface area contributed by atoms with Crippen LogP contribution in [-0.2, 0) is 11.3 Å². The van der Waals surface area contributed by atoms with Crippen molar-refractivity contribution in [3.63, 3.8) is 0 Å². The Morgan fingerprint density at radius 1 is 1.25 bits per heavy atom. The van der Waals surface area contributed by atoms with Crippen molar-refractivity contribution < 1.29 is 9.15 Å². The average molecular weight is 275 g/mol. The Kier molecular flexibility index (Phi) is 5.15. The highest BCUT2D eigenvalue weighted by Gasteiger charge is 2.10. The van der Waals surface area contributed by atoms with E-state index < -0.39 is 0 Å². The van der Waals surface area contributed by atoms with Crippen molar-refractivity contribution in [2.75, 3.05) is 39.3 Å². The molecule has 0 aliphatic heterocycles. The van der Waals surface area contributed by atoms with E-state index in [1.807, 2.05) is 14.1 Å². The van der Waals surface area contributed by atoms with E-state index in [1.54, 1.807) is 7.11 Å². The average Bonchev–Trinajstić information content (AvgIpc) is 2.92. The van der Waals surface area contributed by atoms with Gasteiger partial charge in [-0.15, -0.1) is 0 Å². The van der Waals surface area contributed by atoms with E-state index in [0.29, 0.717) is 13.2 Å². The van der Waals surface area contributed by atoms with E-state index >= 15 is 0 Å². The predicted octanol–water partition coefficient (Wildman–Crippen LogP) is 2.14. The summed E-state index contributed by atoms with van der Waals surface area (Å²) in [7, 11) is 5.73. The first kappa shape index (κ1) is 14.6. The summed E-state index contributed by atoms with van der Waals surface area (Å²) in [5.74, 6) is 0.820. The molecule has 2 rings (SSSR count). The number of hydrogen-bond acceptors (Lipinski definition) is 5. The molecule has 20 heavy (non-hydrogen) atoms. The Balaban J connectivity index is 2.07. The van der Waals surface area contributed by atoms with Gasteiger partial charge in [-0.3, -0.25) is 0 Å². The van der Waals surface area contributed by atoms with Gasteiger partial charge in [0.25, 0.3) is 0 Å². The third-order valence-corrected chi connectivity index (χ3v) is 3.06. The first-order chi connectivity index (χ1) is 9.72. The molecule has 0 bridgehead atoms. The van der Waals surface area contributed by atoms with E-state index in [0.717, 1.165) is 29.2 Å². The number of nitrogens with one attached hydrogen (secondary N) is 1. The smallest absolute Gasteiger partial charge is 0.181 e. The van der Waals surface area contributed by atoms with Gasteiger partial charge in [0, 0.05) is 45.5 Å². The zero-order valence-corrected chi connectivity index (χ0v) is 12.2. The molecule has 0 unspecified atom stereocenters. The van der Waals surface area contributed by atoms with Crippen molar-refractivity contribution in [3.05, 3.63) is 36.4 Å². The van der Waals surface area contributed by atoms with Crippen LogP contribution in [-0.4, -0.2) is 39.3 Å². The van der Waals surface area contributed by atoms with Crippen LogP contribution in [0.2, 0.25) is 0 Å². The lowest BCUT2D eigenvalue weighted by molar-refractivity contribution is 0.199. The second kappa shape index (κ2) is 7.07. The molecule has 1 aromatic heterocycles. The monoisotopic (exact) mass is 275 g/mol. The van der Waals surface area contributed by atoms with E-state index in [9.17, 15) is 0 Å². The summed E-state index contributed by atoms with van der Waals surface area (Å²) in [4.78, 5) is 6.33. The van der Waals surface area contributed by atoms with Crippen LogP contribution in [0.5, 0.6) is 0 Å². The molecule has 0 amide bonds. The summed E-state index contributed by atoms with van der Waals surface area (Å²) < 4.78 is 10.5. The summed E-state index contributed by atoms with van der Waals surface area (Å²) in [5.41, 5.74) is 3.11. The van der Waals surface area contributed by atoms with E-state index in [4.69, 9.17) is 9.15 Å². The topological polar surface area (TPSA) is 50.5 Å². The minimum Gasteiger partial charge on any atom is -0.443 e. The van der Waals surface area contributed by atoms with Gasteiger partial charge in [0.2, 0.25) is 0 Å². The summed E-state index contributed by atoms with van der Waals surface area (Å²) in [6.07, 6.45) is 1.49. The zero-order valence-electron chi connectivity index (χ0n) is 12.2. The van der Waals surface area contributed by atoms with Gasteiger partial charge >= 0.3 is 0 Å². The molecule has 1 heterocycles. The highest BCUT2D eigenvalue weighted by Crippen LogP contribution is 2.25. The maximum absolute atomic E-state index is 5.51. The standard InChI is InChI=1S/C15H21N3O2/c1-18(2)13-6-4-12(5-7-13)15-14(17-11-20-15)10-16-8-9-19-3/h4-7,11,16H,8-10H2,1-3H3. The quantitative estimate of drug-likeness (QED) is 0.785. The number of aromatic nitrogens is 1. The molecule has 0 aliphatic carbocycles. The number of oxazole rings is 1. The van der Waals surface area contributed by atoms with E-state index in [-0.39, 0.29) is 0 Å². The number of rotatable bonds is 7. The van der Waals surface area contributed by atoms with Gasteiger partial charge in [0.05, 0.1) is 6.61 Å². The fraction of sp³-hybridized carbons (Fsp3) is 0.400. The Morgan fingerprint density at radius 3 is 2.65 bits per heavy atom. The molecule has 0 atom stereocenters. The molecule has 1 N–H and O–H groups in total. The molecule has 2 aromatic rings. The van der Waals surface area contributed by atoms with Crippen molar-refractivity contribution in [2.45, 2.75) is 6.54 Å². The van der Waals surface area contributed by atoms with Gasteiger partial charge in [-0.1, -0.05) is 0 Å². The third-order valence-electron chi connectivity index (χ3n) is 3.06. The van der Waals surface area contributed by atoms with Crippen molar-refractivity contribution in [1.29, 1.82) is 0 Å². The maximum atomic E-state index is 5.51. The first-order valence-corrected chi connectivity index (χ1v) is 6.62. The van der Waals surface area contributed by atoms with Gasteiger partial charge in [0.1, 0.15) is 5.69 Å².